The average molecular weight is 304 g/mol. The second-order valence-corrected chi connectivity index (χ2v) is 5.82. The molecule has 0 fully saturated rings. The third-order valence-corrected chi connectivity index (χ3v) is 3.85. The van der Waals surface area contributed by atoms with Crippen molar-refractivity contribution in [1.82, 2.24) is 0 Å². The molecule has 0 aliphatic heterocycles. The summed E-state index contributed by atoms with van der Waals surface area (Å²) in [6.07, 6.45) is 18.1. The molecule has 0 heterocycles. The van der Waals surface area contributed by atoms with Crippen LogP contribution in [0.3, 0.4) is 0 Å². The predicted octanol–water partition coefficient (Wildman–Crippen LogP) is 6.11. The van der Waals surface area contributed by atoms with Crippen molar-refractivity contribution >= 4 is 0 Å². The van der Waals surface area contributed by atoms with E-state index in [0.29, 0.717) is 17.9 Å². The lowest BCUT2D eigenvalue weighted by molar-refractivity contribution is 0.290. The maximum absolute atomic E-state index is 13.6. The molecular weight excluding hydrogens is 275 g/mol. The summed E-state index contributed by atoms with van der Waals surface area (Å²) in [5, 5.41) is 0. The minimum absolute atomic E-state index is 0.301. The van der Waals surface area contributed by atoms with E-state index in [0.717, 1.165) is 12.8 Å². The molecule has 0 N–H and O–H groups in total. The first-order valence-electron chi connectivity index (χ1n) is 8.67. The summed E-state index contributed by atoms with van der Waals surface area (Å²) in [5.74, 6) is 2.34. The van der Waals surface area contributed by atoms with Crippen LogP contribution in [0.1, 0.15) is 76.7 Å². The topological polar surface area (TPSA) is 9.23 Å². The first kappa shape index (κ1) is 18.6. The van der Waals surface area contributed by atoms with E-state index in [1.807, 2.05) is 0 Å². The molecule has 0 spiro atoms. The molecule has 0 unspecified atom stereocenters. The molecule has 0 radical (unpaired) electrons. The molecule has 1 aromatic carbocycles. The molecule has 0 amide bonds. The molecule has 0 aromatic heterocycles. The van der Waals surface area contributed by atoms with Gasteiger partial charge in [0.15, 0.2) is 11.6 Å². The van der Waals surface area contributed by atoms with Crippen LogP contribution in [0.2, 0.25) is 0 Å². The van der Waals surface area contributed by atoms with Gasteiger partial charge in [-0.05, 0) is 24.6 Å². The summed E-state index contributed by atoms with van der Waals surface area (Å²) in [6.45, 7) is 2.82. The second kappa shape index (κ2) is 12.1. The molecule has 0 bridgehead atoms. The summed E-state index contributed by atoms with van der Waals surface area (Å²) in [6, 6.07) is 4.66. The van der Waals surface area contributed by atoms with Crippen molar-refractivity contribution in [3.63, 3.8) is 0 Å². The fraction of sp³-hybridized carbons (Fsp3) is 0.600. The minimum atomic E-state index is -0.373. The maximum Gasteiger partial charge on any atom is 0.166 e. The van der Waals surface area contributed by atoms with Crippen LogP contribution in [-0.2, 0) is 0 Å². The number of halogens is 1. The summed E-state index contributed by atoms with van der Waals surface area (Å²) in [5.41, 5.74) is 0.545. The van der Waals surface area contributed by atoms with E-state index in [9.17, 15) is 4.39 Å². The van der Waals surface area contributed by atoms with Crippen LogP contribution in [-0.4, -0.2) is 6.61 Å². The van der Waals surface area contributed by atoms with Gasteiger partial charge in [0.05, 0.1) is 6.61 Å². The van der Waals surface area contributed by atoms with Gasteiger partial charge in [0.2, 0.25) is 0 Å². The first-order chi connectivity index (χ1) is 10.8. The Balaban J connectivity index is 1.99. The fourth-order valence-electron chi connectivity index (χ4n) is 2.48. The molecule has 0 saturated heterocycles. The van der Waals surface area contributed by atoms with Gasteiger partial charge >= 0.3 is 0 Å². The highest BCUT2D eigenvalue weighted by molar-refractivity contribution is 5.37. The largest absolute Gasteiger partial charge is 0.491 e. The van der Waals surface area contributed by atoms with E-state index in [-0.39, 0.29) is 5.82 Å². The quantitative estimate of drug-likeness (QED) is 0.334. The molecule has 1 nitrogen and oxygen atoms in total. The zero-order valence-electron chi connectivity index (χ0n) is 13.9. The van der Waals surface area contributed by atoms with Crippen molar-refractivity contribution in [3.05, 3.63) is 29.6 Å². The molecule has 1 rings (SSSR count). The van der Waals surface area contributed by atoms with Gasteiger partial charge in [-0.2, -0.15) is 0 Å². The Morgan fingerprint density at radius 2 is 1.55 bits per heavy atom. The van der Waals surface area contributed by atoms with Crippen molar-refractivity contribution in [2.24, 2.45) is 0 Å². The van der Waals surface area contributed by atoms with Gasteiger partial charge in [-0.25, -0.2) is 4.39 Å². The number of benzene rings is 1. The smallest absolute Gasteiger partial charge is 0.166 e. The predicted molar refractivity (Wildman–Crippen MR) is 91.7 cm³/mol. The van der Waals surface area contributed by atoms with Gasteiger partial charge in [0.25, 0.3) is 0 Å². The van der Waals surface area contributed by atoms with E-state index in [1.54, 1.807) is 12.1 Å². The third kappa shape index (κ3) is 8.08. The summed E-state index contributed by atoms with van der Waals surface area (Å²) in [4.78, 5) is 0. The van der Waals surface area contributed by atoms with Gasteiger partial charge in [-0.15, -0.1) is 6.42 Å². The number of ether oxygens (including phenoxy) is 1. The monoisotopic (exact) mass is 304 g/mol. The molecule has 22 heavy (non-hydrogen) atoms. The summed E-state index contributed by atoms with van der Waals surface area (Å²) < 4.78 is 19.1. The van der Waals surface area contributed by atoms with E-state index in [1.165, 1.54) is 57.4 Å². The average Bonchev–Trinajstić information content (AvgIpc) is 2.53. The molecule has 122 valence electrons. The molecule has 1 aromatic rings. The molecule has 0 saturated carbocycles. The van der Waals surface area contributed by atoms with Gasteiger partial charge in [-0.1, -0.05) is 70.6 Å². The third-order valence-electron chi connectivity index (χ3n) is 3.85. The van der Waals surface area contributed by atoms with Crippen LogP contribution in [0.5, 0.6) is 5.75 Å². The van der Waals surface area contributed by atoms with E-state index < -0.39 is 0 Å². The van der Waals surface area contributed by atoms with Crippen LogP contribution < -0.4 is 4.74 Å². The number of terminal acetylenes is 1. The molecule has 0 aliphatic rings. The van der Waals surface area contributed by atoms with Crippen LogP contribution in [0, 0.1) is 18.2 Å². The highest BCUT2D eigenvalue weighted by atomic mass is 19.1. The Morgan fingerprint density at radius 1 is 0.955 bits per heavy atom. The zero-order valence-corrected chi connectivity index (χ0v) is 13.9. The normalized spacial score (nSPS) is 10.4. The molecular formula is C20H29FO. The lowest BCUT2D eigenvalue weighted by atomic mass is 10.1. The Bertz CT molecular complexity index is 448. The SMILES string of the molecule is C#Cc1ccc(OCCCCCCCCCCCC)c(F)c1. The van der Waals surface area contributed by atoms with Crippen molar-refractivity contribution in [1.29, 1.82) is 0 Å². The Morgan fingerprint density at radius 3 is 2.09 bits per heavy atom. The van der Waals surface area contributed by atoms with Crippen LogP contribution in [0.4, 0.5) is 4.39 Å². The lowest BCUT2D eigenvalue weighted by Gasteiger charge is -2.07. The van der Waals surface area contributed by atoms with E-state index in [4.69, 9.17) is 11.2 Å². The van der Waals surface area contributed by atoms with E-state index in [2.05, 4.69) is 12.8 Å². The van der Waals surface area contributed by atoms with Crippen molar-refractivity contribution < 1.29 is 9.13 Å². The Hall–Kier alpha value is -1.49. The first-order valence-corrected chi connectivity index (χ1v) is 8.67. The van der Waals surface area contributed by atoms with Gasteiger partial charge in [0.1, 0.15) is 0 Å². The highest BCUT2D eigenvalue weighted by Gasteiger charge is 2.03. The molecule has 0 aliphatic carbocycles. The van der Waals surface area contributed by atoms with Crippen LogP contribution in [0.25, 0.3) is 0 Å². The Kier molecular flexibility index (Phi) is 10.2. The van der Waals surface area contributed by atoms with Gasteiger partial charge < -0.3 is 4.74 Å². The van der Waals surface area contributed by atoms with Gasteiger partial charge in [0, 0.05) is 5.56 Å². The maximum atomic E-state index is 13.6. The fourth-order valence-corrected chi connectivity index (χ4v) is 2.48. The van der Waals surface area contributed by atoms with Crippen molar-refractivity contribution in [2.45, 2.75) is 71.1 Å². The molecule has 2 heteroatoms. The van der Waals surface area contributed by atoms with Crippen molar-refractivity contribution in [2.75, 3.05) is 6.61 Å². The summed E-state index contributed by atoms with van der Waals surface area (Å²) in [7, 11) is 0. The highest BCUT2D eigenvalue weighted by Crippen LogP contribution is 2.18. The summed E-state index contributed by atoms with van der Waals surface area (Å²) >= 11 is 0. The van der Waals surface area contributed by atoms with Gasteiger partial charge in [-0.3, -0.25) is 0 Å². The lowest BCUT2D eigenvalue weighted by Crippen LogP contribution is -1.99. The van der Waals surface area contributed by atoms with E-state index >= 15 is 0 Å². The molecule has 0 atom stereocenters. The second-order valence-electron chi connectivity index (χ2n) is 5.82. The Labute approximate surface area is 135 Å². The van der Waals surface area contributed by atoms with Crippen LogP contribution >= 0.6 is 0 Å². The standard InChI is InChI=1S/C20H29FO/c1-3-5-6-7-8-9-10-11-12-13-16-22-20-15-14-18(4-2)17-19(20)21/h2,14-15,17H,3,5-13,16H2,1H3. The number of hydrogen-bond acceptors (Lipinski definition) is 1. The number of unbranched alkanes of at least 4 members (excludes halogenated alkanes) is 9. The minimum Gasteiger partial charge on any atom is -0.491 e. The zero-order chi connectivity index (χ0) is 16.0. The number of rotatable bonds is 12. The van der Waals surface area contributed by atoms with Crippen molar-refractivity contribution in [3.8, 4) is 18.1 Å². The number of hydrogen-bond donors (Lipinski definition) is 0. The van der Waals surface area contributed by atoms with Crippen LogP contribution in [0.15, 0.2) is 18.2 Å².